The van der Waals surface area contributed by atoms with Crippen LogP contribution in [0.15, 0.2) is 41.1 Å². The molecule has 0 saturated carbocycles. The number of hydrogen-bond donors (Lipinski definition) is 2. The number of thiophene rings is 1. The monoisotopic (exact) mass is 403 g/mol. The van der Waals surface area contributed by atoms with Crippen LogP contribution in [-0.2, 0) is 11.3 Å². The molecular weight excluding hydrogens is 382 g/mol. The van der Waals surface area contributed by atoms with Crippen LogP contribution < -0.4 is 15.4 Å². The molecule has 4 rings (SSSR count). The Morgan fingerprint density at radius 1 is 1.33 bits per heavy atom. The zero-order chi connectivity index (χ0) is 18.6. The third-order valence-corrected chi connectivity index (χ3v) is 6.27. The Morgan fingerprint density at radius 2 is 2.22 bits per heavy atom. The Hall–Kier alpha value is -2.03. The van der Waals surface area contributed by atoms with Crippen LogP contribution in [0, 0.1) is 0 Å². The first-order valence-corrected chi connectivity index (χ1v) is 10.8. The van der Waals surface area contributed by atoms with Gasteiger partial charge in [0.15, 0.2) is 0 Å². The normalized spacial score (nSPS) is 22.4. The number of amides is 2. The molecule has 142 valence electrons. The van der Waals surface area contributed by atoms with Crippen LogP contribution in [-0.4, -0.2) is 47.5 Å². The summed E-state index contributed by atoms with van der Waals surface area (Å²) in [5, 5.41) is 9.67. The van der Waals surface area contributed by atoms with E-state index in [-0.39, 0.29) is 17.3 Å². The Labute approximate surface area is 166 Å². The summed E-state index contributed by atoms with van der Waals surface area (Å²) in [6, 6.07) is 9.79. The number of para-hydroxylation sites is 1. The van der Waals surface area contributed by atoms with Gasteiger partial charge in [0.1, 0.15) is 17.9 Å². The fourth-order valence-corrected chi connectivity index (χ4v) is 4.75. The van der Waals surface area contributed by atoms with Gasteiger partial charge in [-0.05, 0) is 22.9 Å². The first-order valence-electron chi connectivity index (χ1n) is 8.89. The van der Waals surface area contributed by atoms with Crippen molar-refractivity contribution in [3.05, 3.63) is 52.2 Å². The molecule has 3 heterocycles. The van der Waals surface area contributed by atoms with E-state index >= 15 is 0 Å². The summed E-state index contributed by atoms with van der Waals surface area (Å²) in [5.74, 6) is 1.30. The van der Waals surface area contributed by atoms with Crippen molar-refractivity contribution in [3.8, 4) is 5.75 Å². The minimum Gasteiger partial charge on any atom is -0.484 e. The van der Waals surface area contributed by atoms with Crippen molar-refractivity contribution in [1.29, 1.82) is 0 Å². The molecule has 1 fully saturated rings. The number of carbonyl (C=O) groups excluding carboxylic acids is 2. The highest BCUT2D eigenvalue weighted by Gasteiger charge is 2.28. The molecule has 1 saturated heterocycles. The second-order valence-electron chi connectivity index (χ2n) is 6.59. The van der Waals surface area contributed by atoms with Crippen molar-refractivity contribution in [2.75, 3.05) is 25.4 Å². The number of hydrogen-bond acceptors (Lipinski definition) is 6. The fraction of sp³-hybridized carbons (Fsp3) is 0.368. The van der Waals surface area contributed by atoms with E-state index in [0.717, 1.165) is 42.7 Å². The molecule has 0 spiro atoms. The van der Waals surface area contributed by atoms with Gasteiger partial charge in [-0.15, -0.1) is 0 Å². The molecule has 2 N–H and O–H groups in total. The quantitative estimate of drug-likeness (QED) is 0.803. The largest absolute Gasteiger partial charge is 0.484 e. The van der Waals surface area contributed by atoms with Gasteiger partial charge in [0.05, 0.1) is 0 Å². The van der Waals surface area contributed by atoms with Crippen LogP contribution in [0.3, 0.4) is 0 Å². The van der Waals surface area contributed by atoms with E-state index in [9.17, 15) is 9.59 Å². The van der Waals surface area contributed by atoms with Gasteiger partial charge in [-0.25, -0.2) is 0 Å². The SMILES string of the molecule is O=C1N[C@H](C(=O)NCCN2Cc3ccccc3O[C@@H](c3ccsc3)C2)CS1. The number of fused-ring (bicyclic) bond motifs is 1. The van der Waals surface area contributed by atoms with Crippen molar-refractivity contribution in [2.45, 2.75) is 18.7 Å². The van der Waals surface area contributed by atoms with Crippen molar-refractivity contribution in [1.82, 2.24) is 15.5 Å². The molecule has 0 aliphatic carbocycles. The Bertz CT molecular complexity index is 812. The summed E-state index contributed by atoms with van der Waals surface area (Å²) < 4.78 is 6.28. The highest BCUT2D eigenvalue weighted by atomic mass is 32.2. The number of benzene rings is 1. The maximum Gasteiger partial charge on any atom is 0.279 e. The summed E-state index contributed by atoms with van der Waals surface area (Å²) in [7, 11) is 0. The zero-order valence-corrected chi connectivity index (χ0v) is 16.4. The van der Waals surface area contributed by atoms with Gasteiger partial charge in [0.25, 0.3) is 5.24 Å². The Balaban J connectivity index is 1.39. The van der Waals surface area contributed by atoms with Crippen LogP contribution in [0.4, 0.5) is 4.79 Å². The molecule has 0 unspecified atom stereocenters. The summed E-state index contributed by atoms with van der Waals surface area (Å²) in [5.41, 5.74) is 2.33. The number of nitrogens with zero attached hydrogens (tertiary/aromatic N) is 1. The molecule has 2 aliphatic rings. The van der Waals surface area contributed by atoms with Gasteiger partial charge in [-0.2, -0.15) is 11.3 Å². The first-order chi connectivity index (χ1) is 13.2. The van der Waals surface area contributed by atoms with E-state index < -0.39 is 6.04 Å². The Kier molecular flexibility index (Phi) is 5.66. The van der Waals surface area contributed by atoms with E-state index in [1.54, 1.807) is 11.3 Å². The maximum absolute atomic E-state index is 12.2. The van der Waals surface area contributed by atoms with Gasteiger partial charge in [0.2, 0.25) is 5.91 Å². The number of rotatable bonds is 5. The smallest absolute Gasteiger partial charge is 0.279 e. The van der Waals surface area contributed by atoms with E-state index in [4.69, 9.17) is 4.74 Å². The van der Waals surface area contributed by atoms with Gasteiger partial charge in [-0.3, -0.25) is 14.5 Å². The third kappa shape index (κ3) is 4.45. The van der Waals surface area contributed by atoms with Crippen LogP contribution in [0.2, 0.25) is 0 Å². The maximum atomic E-state index is 12.2. The van der Waals surface area contributed by atoms with Gasteiger partial charge in [0, 0.05) is 43.1 Å². The van der Waals surface area contributed by atoms with E-state index in [2.05, 4.69) is 38.4 Å². The molecule has 2 aromatic rings. The van der Waals surface area contributed by atoms with Crippen LogP contribution >= 0.6 is 23.1 Å². The second-order valence-corrected chi connectivity index (χ2v) is 8.37. The molecule has 0 radical (unpaired) electrons. The lowest BCUT2D eigenvalue weighted by molar-refractivity contribution is -0.122. The average molecular weight is 404 g/mol. The van der Waals surface area contributed by atoms with Crippen LogP contribution in [0.1, 0.15) is 17.2 Å². The van der Waals surface area contributed by atoms with Gasteiger partial charge >= 0.3 is 0 Å². The summed E-state index contributed by atoms with van der Waals surface area (Å²) >= 11 is 2.82. The molecule has 1 aromatic heterocycles. The predicted molar refractivity (Wildman–Crippen MR) is 107 cm³/mol. The molecule has 2 atom stereocenters. The van der Waals surface area contributed by atoms with Gasteiger partial charge < -0.3 is 15.4 Å². The Morgan fingerprint density at radius 3 is 3.00 bits per heavy atom. The molecular formula is C19H21N3O3S2. The highest BCUT2D eigenvalue weighted by molar-refractivity contribution is 8.14. The van der Waals surface area contributed by atoms with Gasteiger partial charge in [-0.1, -0.05) is 30.0 Å². The average Bonchev–Trinajstić information content (AvgIpc) is 3.31. The third-order valence-electron chi connectivity index (χ3n) is 4.69. The standard InChI is InChI=1S/C19H21N3O3S2/c23-18(15-12-27-19(24)21-15)20-6-7-22-9-13-3-1-2-4-16(13)25-17(10-22)14-5-8-26-11-14/h1-5,8,11,15,17H,6-7,9-10,12H2,(H,20,23)(H,21,24)/t15-,17+/m0/s1. The molecule has 2 aliphatic heterocycles. The highest BCUT2D eigenvalue weighted by Crippen LogP contribution is 2.31. The van der Waals surface area contributed by atoms with Crippen molar-refractivity contribution < 1.29 is 14.3 Å². The minimum atomic E-state index is -0.422. The molecule has 1 aromatic carbocycles. The van der Waals surface area contributed by atoms with Crippen LogP contribution in [0.5, 0.6) is 5.75 Å². The number of ether oxygens (including phenoxy) is 1. The summed E-state index contributed by atoms with van der Waals surface area (Å²) in [6.07, 6.45) is -0.0267. The second kappa shape index (κ2) is 8.33. The molecule has 8 heteroatoms. The van der Waals surface area contributed by atoms with Crippen molar-refractivity contribution >= 4 is 34.2 Å². The van der Waals surface area contributed by atoms with E-state index in [1.807, 2.05) is 18.2 Å². The van der Waals surface area contributed by atoms with Crippen molar-refractivity contribution in [3.63, 3.8) is 0 Å². The topological polar surface area (TPSA) is 70.7 Å². The zero-order valence-electron chi connectivity index (χ0n) is 14.7. The lowest BCUT2D eigenvalue weighted by atomic mass is 10.2. The number of thioether (sulfide) groups is 1. The molecule has 6 nitrogen and oxygen atoms in total. The van der Waals surface area contributed by atoms with Crippen LogP contribution in [0.25, 0.3) is 0 Å². The molecule has 27 heavy (non-hydrogen) atoms. The van der Waals surface area contributed by atoms with Crippen molar-refractivity contribution in [2.24, 2.45) is 0 Å². The lowest BCUT2D eigenvalue weighted by Gasteiger charge is -2.24. The summed E-state index contributed by atoms with van der Waals surface area (Å²) in [6.45, 7) is 2.80. The number of carbonyl (C=O) groups is 2. The van der Waals surface area contributed by atoms with E-state index in [0.29, 0.717) is 12.3 Å². The lowest BCUT2D eigenvalue weighted by Crippen LogP contribution is -2.45. The number of nitrogens with one attached hydrogen (secondary N) is 2. The molecule has 0 bridgehead atoms. The van der Waals surface area contributed by atoms with E-state index in [1.165, 1.54) is 5.56 Å². The minimum absolute atomic E-state index is 0.0267. The predicted octanol–water partition coefficient (Wildman–Crippen LogP) is 2.63. The summed E-state index contributed by atoms with van der Waals surface area (Å²) in [4.78, 5) is 25.7. The molecule has 2 amide bonds. The fourth-order valence-electron chi connectivity index (χ4n) is 3.27. The first kappa shape index (κ1) is 18.3.